The van der Waals surface area contributed by atoms with Gasteiger partial charge in [0.05, 0.1) is 12.2 Å². The number of carbonyl (C=O) groups excluding carboxylic acids is 2. The number of Topliss-reactive ketones (excluding diaryl/α,β-unsaturated/α-hetero) is 1. The molecule has 0 atom stereocenters. The van der Waals surface area contributed by atoms with Crippen LogP contribution in [0.3, 0.4) is 0 Å². The summed E-state index contributed by atoms with van der Waals surface area (Å²) in [7, 11) is 0. The van der Waals surface area contributed by atoms with E-state index in [1.165, 1.54) is 13.0 Å². The van der Waals surface area contributed by atoms with Crippen LogP contribution in [0.4, 0.5) is 4.39 Å². The van der Waals surface area contributed by atoms with Crippen molar-refractivity contribution in [3.63, 3.8) is 0 Å². The van der Waals surface area contributed by atoms with Crippen molar-refractivity contribution in [1.82, 2.24) is 24.3 Å². The van der Waals surface area contributed by atoms with Crippen LogP contribution >= 0.6 is 0 Å². The van der Waals surface area contributed by atoms with Gasteiger partial charge in [-0.3, -0.25) is 19.0 Å². The lowest BCUT2D eigenvalue weighted by molar-refractivity contribution is -0.130. The molecular formula is C36H48FN5O4. The van der Waals surface area contributed by atoms with Crippen LogP contribution in [-0.2, 0) is 17.6 Å². The highest BCUT2D eigenvalue weighted by Crippen LogP contribution is 2.31. The Morgan fingerprint density at radius 2 is 1.78 bits per heavy atom. The van der Waals surface area contributed by atoms with Gasteiger partial charge in [0, 0.05) is 62.7 Å². The Morgan fingerprint density at radius 3 is 2.46 bits per heavy atom. The van der Waals surface area contributed by atoms with Gasteiger partial charge in [0.25, 0.3) is 5.56 Å². The third kappa shape index (κ3) is 7.82. The van der Waals surface area contributed by atoms with E-state index in [0.29, 0.717) is 54.7 Å². The fourth-order valence-corrected chi connectivity index (χ4v) is 7.31. The van der Waals surface area contributed by atoms with Crippen molar-refractivity contribution in [2.45, 2.75) is 104 Å². The van der Waals surface area contributed by atoms with E-state index in [9.17, 15) is 18.8 Å². The number of amides is 1. The maximum absolute atomic E-state index is 14.5. The average molecular weight is 634 g/mol. The van der Waals surface area contributed by atoms with E-state index in [1.54, 1.807) is 30.7 Å². The maximum Gasteiger partial charge on any atom is 0.263 e. The molecule has 46 heavy (non-hydrogen) atoms. The molecule has 248 valence electrons. The first-order valence-corrected chi connectivity index (χ1v) is 17.0. The number of halogens is 1. The van der Waals surface area contributed by atoms with Gasteiger partial charge in [-0.25, -0.2) is 14.4 Å². The van der Waals surface area contributed by atoms with Crippen molar-refractivity contribution in [2.75, 3.05) is 32.8 Å². The number of ether oxygens (including phenoxy) is 1. The average Bonchev–Trinajstić information content (AvgIpc) is 3.55. The molecule has 10 heteroatoms. The third-order valence-corrected chi connectivity index (χ3v) is 9.79. The zero-order valence-corrected chi connectivity index (χ0v) is 27.8. The second-order valence-corrected chi connectivity index (χ2v) is 12.9. The smallest absolute Gasteiger partial charge is 0.263 e. The lowest BCUT2D eigenvalue weighted by Gasteiger charge is -2.37. The molecule has 1 saturated carbocycles. The van der Waals surface area contributed by atoms with Crippen molar-refractivity contribution in [3.8, 4) is 5.75 Å². The van der Waals surface area contributed by atoms with E-state index >= 15 is 0 Å². The molecule has 0 N–H and O–H groups in total. The Morgan fingerprint density at radius 1 is 1.04 bits per heavy atom. The van der Waals surface area contributed by atoms with Crippen molar-refractivity contribution in [2.24, 2.45) is 0 Å². The molecule has 3 heterocycles. The SMILES string of the molecule is CCN(CCCOc1cc(F)cc(CCCc2ncc3c(C)c(C(C)=O)c(=O)n(C4CCCC4)c3n2)c1)C1CCN(C(C)=O)CC1. The zero-order chi connectivity index (χ0) is 32.8. The van der Waals surface area contributed by atoms with Crippen LogP contribution in [0.15, 0.2) is 29.2 Å². The molecule has 2 fully saturated rings. The van der Waals surface area contributed by atoms with Gasteiger partial charge >= 0.3 is 0 Å². The number of benzene rings is 1. The molecule has 3 aromatic rings. The number of carbonyl (C=O) groups is 2. The molecule has 0 bridgehead atoms. The van der Waals surface area contributed by atoms with Gasteiger partial charge in [0.1, 0.15) is 23.0 Å². The Hall–Kier alpha value is -3.66. The van der Waals surface area contributed by atoms with Gasteiger partial charge in [0.15, 0.2) is 5.78 Å². The van der Waals surface area contributed by atoms with E-state index in [0.717, 1.165) is 82.1 Å². The van der Waals surface area contributed by atoms with Crippen LogP contribution in [0, 0.1) is 12.7 Å². The van der Waals surface area contributed by atoms with Gasteiger partial charge in [-0.05, 0) is 88.6 Å². The number of rotatable bonds is 13. The first-order chi connectivity index (χ1) is 22.2. The van der Waals surface area contributed by atoms with Gasteiger partial charge in [-0.15, -0.1) is 0 Å². The summed E-state index contributed by atoms with van der Waals surface area (Å²) in [6, 6.07) is 5.41. The van der Waals surface area contributed by atoms with Crippen molar-refractivity contribution in [1.29, 1.82) is 0 Å². The molecular weight excluding hydrogens is 585 g/mol. The molecule has 1 aliphatic carbocycles. The second-order valence-electron chi connectivity index (χ2n) is 12.9. The summed E-state index contributed by atoms with van der Waals surface area (Å²) in [5.41, 5.74) is 2.08. The van der Waals surface area contributed by atoms with Crippen LogP contribution in [0.5, 0.6) is 5.75 Å². The van der Waals surface area contributed by atoms with Gasteiger partial charge in [-0.2, -0.15) is 0 Å². The van der Waals surface area contributed by atoms with E-state index < -0.39 is 0 Å². The predicted molar refractivity (Wildman–Crippen MR) is 177 cm³/mol. The number of nitrogens with zero attached hydrogens (tertiary/aromatic N) is 5. The largest absolute Gasteiger partial charge is 0.493 e. The Balaban J connectivity index is 1.18. The minimum Gasteiger partial charge on any atom is -0.493 e. The summed E-state index contributed by atoms with van der Waals surface area (Å²) in [5.74, 6) is 0.766. The van der Waals surface area contributed by atoms with Crippen molar-refractivity contribution < 1.29 is 18.7 Å². The summed E-state index contributed by atoms with van der Waals surface area (Å²) in [6.07, 6.45) is 10.4. The number of aryl methyl sites for hydroxylation is 3. The summed E-state index contributed by atoms with van der Waals surface area (Å²) in [6.45, 7) is 11.0. The van der Waals surface area contributed by atoms with E-state index in [2.05, 4.69) is 16.8 Å². The first-order valence-electron chi connectivity index (χ1n) is 17.0. The standard InChI is InChI=1S/C36H48FN5O4/c1-5-40(29-14-17-41(18-15-29)26(4)44)16-9-19-46-31-21-27(20-28(37)22-31)10-8-13-33-38-23-32-24(2)34(25(3)43)36(45)42(35(32)39-33)30-11-6-7-12-30/h20-23,29-30H,5-19H2,1-4H3. The number of likely N-dealkylation sites (tertiary alicyclic amines) is 1. The number of aromatic nitrogens is 3. The lowest BCUT2D eigenvalue weighted by Crippen LogP contribution is -2.46. The summed E-state index contributed by atoms with van der Waals surface area (Å²) < 4.78 is 22.3. The Labute approximate surface area is 271 Å². The molecule has 1 saturated heterocycles. The summed E-state index contributed by atoms with van der Waals surface area (Å²) in [5, 5.41) is 0.743. The molecule has 1 amide bonds. The fourth-order valence-electron chi connectivity index (χ4n) is 7.31. The van der Waals surface area contributed by atoms with Crippen molar-refractivity contribution in [3.05, 3.63) is 63.1 Å². The number of piperidine rings is 1. The molecule has 0 unspecified atom stereocenters. The third-order valence-electron chi connectivity index (χ3n) is 9.79. The maximum atomic E-state index is 14.5. The topological polar surface area (TPSA) is 97.6 Å². The molecule has 9 nitrogen and oxygen atoms in total. The Bertz CT molecular complexity index is 1610. The summed E-state index contributed by atoms with van der Waals surface area (Å²) >= 11 is 0. The monoisotopic (exact) mass is 633 g/mol. The lowest BCUT2D eigenvalue weighted by atomic mass is 10.0. The zero-order valence-electron chi connectivity index (χ0n) is 27.8. The molecule has 5 rings (SSSR count). The molecule has 0 spiro atoms. The molecule has 1 aliphatic heterocycles. The van der Waals surface area contributed by atoms with Crippen LogP contribution < -0.4 is 10.3 Å². The minimum atomic E-state index is -0.320. The number of ketones is 1. The number of pyridine rings is 1. The van der Waals surface area contributed by atoms with Crippen LogP contribution in [0.1, 0.15) is 105 Å². The quantitative estimate of drug-likeness (QED) is 0.173. The van der Waals surface area contributed by atoms with Gasteiger partial charge < -0.3 is 14.5 Å². The van der Waals surface area contributed by atoms with Gasteiger partial charge in [0.2, 0.25) is 5.91 Å². The van der Waals surface area contributed by atoms with Crippen LogP contribution in [0.25, 0.3) is 11.0 Å². The van der Waals surface area contributed by atoms with Crippen molar-refractivity contribution >= 4 is 22.7 Å². The summed E-state index contributed by atoms with van der Waals surface area (Å²) in [4.78, 5) is 51.3. The number of hydrogen-bond donors (Lipinski definition) is 0. The Kier molecular flexibility index (Phi) is 11.2. The number of fused-ring (bicyclic) bond motifs is 1. The highest BCUT2D eigenvalue weighted by Gasteiger charge is 2.26. The molecule has 0 radical (unpaired) electrons. The molecule has 2 aromatic heterocycles. The highest BCUT2D eigenvalue weighted by molar-refractivity contribution is 5.99. The fraction of sp³-hybridized carbons (Fsp3) is 0.583. The van der Waals surface area contributed by atoms with Crippen LogP contribution in [0.2, 0.25) is 0 Å². The van der Waals surface area contributed by atoms with Gasteiger partial charge in [-0.1, -0.05) is 19.8 Å². The molecule has 2 aliphatic rings. The predicted octanol–water partition coefficient (Wildman–Crippen LogP) is 5.83. The molecule has 1 aromatic carbocycles. The van der Waals surface area contributed by atoms with E-state index in [-0.39, 0.29) is 34.7 Å². The first kappa shape index (κ1) is 33.7. The van der Waals surface area contributed by atoms with E-state index in [4.69, 9.17) is 9.72 Å². The highest BCUT2D eigenvalue weighted by atomic mass is 19.1. The second kappa shape index (κ2) is 15.3. The number of hydrogen-bond acceptors (Lipinski definition) is 7. The minimum absolute atomic E-state index is 0.0400. The van der Waals surface area contributed by atoms with E-state index in [1.807, 2.05) is 11.0 Å². The normalized spacial score (nSPS) is 16.1. The van der Waals surface area contributed by atoms with Crippen LogP contribution in [-0.4, -0.2) is 74.9 Å².